The fraction of sp³-hybridized carbons (Fsp3) is 0.667. The molecule has 0 aromatic carbocycles. The van der Waals surface area contributed by atoms with Crippen molar-refractivity contribution in [1.82, 2.24) is 9.78 Å². The van der Waals surface area contributed by atoms with E-state index in [0.29, 0.717) is 5.41 Å². The normalized spacial score (nSPS) is 29.3. The second-order valence-electron chi connectivity index (χ2n) is 4.19. The lowest BCUT2D eigenvalue weighted by Gasteiger charge is -2.12. The number of hydrogen-bond donors (Lipinski definition) is 1. The largest absolute Gasteiger partial charge is 0.323 e. The smallest absolute Gasteiger partial charge is 0.0540 e. The maximum Gasteiger partial charge on any atom is 0.0540 e. The van der Waals surface area contributed by atoms with E-state index in [1.807, 2.05) is 17.9 Å². The van der Waals surface area contributed by atoms with Crippen molar-refractivity contribution in [2.24, 2.45) is 18.2 Å². The maximum atomic E-state index is 6.15. The maximum absolute atomic E-state index is 6.15. The molecule has 1 saturated carbocycles. The van der Waals surface area contributed by atoms with Crippen LogP contribution < -0.4 is 5.73 Å². The van der Waals surface area contributed by atoms with Crippen molar-refractivity contribution in [3.8, 4) is 0 Å². The van der Waals surface area contributed by atoms with Gasteiger partial charge in [-0.3, -0.25) is 4.68 Å². The molecule has 1 aromatic rings. The number of aromatic nitrogens is 2. The molecule has 1 aromatic heterocycles. The van der Waals surface area contributed by atoms with Crippen molar-refractivity contribution < 1.29 is 0 Å². The van der Waals surface area contributed by atoms with Crippen molar-refractivity contribution in [3.63, 3.8) is 0 Å². The molecule has 1 atom stereocenters. The zero-order chi connectivity index (χ0) is 8.34. The number of rotatable bonds is 0. The van der Waals surface area contributed by atoms with E-state index in [0.717, 1.165) is 6.42 Å². The van der Waals surface area contributed by atoms with Crippen LogP contribution in [0.3, 0.4) is 0 Å². The highest BCUT2D eigenvalue weighted by Gasteiger charge is 2.54. The first-order valence-corrected chi connectivity index (χ1v) is 4.49. The first kappa shape index (κ1) is 6.66. The Balaban J connectivity index is 2.13. The fourth-order valence-electron chi connectivity index (χ4n) is 2.38. The quantitative estimate of drug-likeness (QED) is 0.613. The van der Waals surface area contributed by atoms with E-state index in [1.54, 1.807) is 0 Å². The van der Waals surface area contributed by atoms with Gasteiger partial charge in [-0.15, -0.1) is 0 Å². The highest BCUT2D eigenvalue weighted by atomic mass is 15.3. The molecule has 1 fully saturated rings. The van der Waals surface area contributed by atoms with Gasteiger partial charge in [-0.1, -0.05) is 0 Å². The number of aryl methyl sites for hydroxylation is 1. The van der Waals surface area contributed by atoms with Crippen LogP contribution in [0.5, 0.6) is 0 Å². The SMILES string of the molecule is Cn1ncc2c1CC1(CC1)C2N. The molecule has 2 aliphatic carbocycles. The third-order valence-corrected chi connectivity index (χ3v) is 3.50. The molecule has 2 N–H and O–H groups in total. The Bertz CT molecular complexity index is 336. The first-order chi connectivity index (χ1) is 5.73. The van der Waals surface area contributed by atoms with Crippen LogP contribution in [0, 0.1) is 5.41 Å². The summed E-state index contributed by atoms with van der Waals surface area (Å²) in [4.78, 5) is 0. The summed E-state index contributed by atoms with van der Waals surface area (Å²) in [5.74, 6) is 0. The summed E-state index contributed by atoms with van der Waals surface area (Å²) in [5, 5.41) is 4.22. The van der Waals surface area contributed by atoms with Crippen molar-refractivity contribution >= 4 is 0 Å². The molecule has 3 nitrogen and oxygen atoms in total. The van der Waals surface area contributed by atoms with Gasteiger partial charge in [0.05, 0.1) is 6.20 Å². The number of nitrogens with two attached hydrogens (primary N) is 1. The third kappa shape index (κ3) is 0.591. The minimum atomic E-state index is 0.265. The van der Waals surface area contributed by atoms with Gasteiger partial charge >= 0.3 is 0 Å². The molecule has 1 unspecified atom stereocenters. The lowest BCUT2D eigenvalue weighted by atomic mass is 9.99. The van der Waals surface area contributed by atoms with Gasteiger partial charge in [0.2, 0.25) is 0 Å². The van der Waals surface area contributed by atoms with Crippen molar-refractivity contribution in [2.75, 3.05) is 0 Å². The van der Waals surface area contributed by atoms with E-state index < -0.39 is 0 Å². The number of nitrogens with zero attached hydrogens (tertiary/aromatic N) is 2. The van der Waals surface area contributed by atoms with Crippen LogP contribution in [0.1, 0.15) is 30.1 Å². The van der Waals surface area contributed by atoms with E-state index in [-0.39, 0.29) is 6.04 Å². The lowest BCUT2D eigenvalue weighted by molar-refractivity contribution is 0.437. The van der Waals surface area contributed by atoms with E-state index in [4.69, 9.17) is 5.73 Å². The predicted molar refractivity (Wildman–Crippen MR) is 45.5 cm³/mol. The van der Waals surface area contributed by atoms with Crippen molar-refractivity contribution in [2.45, 2.75) is 25.3 Å². The minimum Gasteiger partial charge on any atom is -0.323 e. The zero-order valence-corrected chi connectivity index (χ0v) is 7.25. The van der Waals surface area contributed by atoms with Crippen LogP contribution in [0.4, 0.5) is 0 Å². The molecule has 2 aliphatic rings. The van der Waals surface area contributed by atoms with Gasteiger partial charge in [-0.05, 0) is 24.7 Å². The van der Waals surface area contributed by atoms with Gasteiger partial charge in [0, 0.05) is 24.3 Å². The van der Waals surface area contributed by atoms with Gasteiger partial charge in [-0.25, -0.2) is 0 Å². The van der Waals surface area contributed by atoms with E-state index in [9.17, 15) is 0 Å². The molecule has 0 bridgehead atoms. The van der Waals surface area contributed by atoms with Crippen LogP contribution >= 0.6 is 0 Å². The summed E-state index contributed by atoms with van der Waals surface area (Å²) in [6, 6.07) is 0.265. The second-order valence-corrected chi connectivity index (χ2v) is 4.19. The molecule has 12 heavy (non-hydrogen) atoms. The van der Waals surface area contributed by atoms with Gasteiger partial charge in [0.1, 0.15) is 0 Å². The van der Waals surface area contributed by atoms with Gasteiger partial charge < -0.3 is 5.73 Å². The Labute approximate surface area is 71.6 Å². The Hall–Kier alpha value is -0.830. The molecule has 0 saturated heterocycles. The highest BCUT2D eigenvalue weighted by Crippen LogP contribution is 2.60. The molecular weight excluding hydrogens is 150 g/mol. The van der Waals surface area contributed by atoms with Crippen molar-refractivity contribution in [3.05, 3.63) is 17.5 Å². The monoisotopic (exact) mass is 163 g/mol. The summed E-state index contributed by atoms with van der Waals surface area (Å²) in [6.07, 6.45) is 5.71. The molecule has 1 heterocycles. The Morgan fingerprint density at radius 1 is 1.67 bits per heavy atom. The fourth-order valence-corrected chi connectivity index (χ4v) is 2.38. The summed E-state index contributed by atoms with van der Waals surface area (Å²) in [6.45, 7) is 0. The Morgan fingerprint density at radius 3 is 3.00 bits per heavy atom. The molecule has 0 aliphatic heterocycles. The van der Waals surface area contributed by atoms with Crippen LogP contribution in [0.2, 0.25) is 0 Å². The van der Waals surface area contributed by atoms with E-state index in [2.05, 4.69) is 5.10 Å². The first-order valence-electron chi connectivity index (χ1n) is 4.49. The second kappa shape index (κ2) is 1.74. The van der Waals surface area contributed by atoms with Crippen LogP contribution in [0.15, 0.2) is 6.20 Å². The minimum absolute atomic E-state index is 0.265. The van der Waals surface area contributed by atoms with E-state index >= 15 is 0 Å². The third-order valence-electron chi connectivity index (χ3n) is 3.50. The van der Waals surface area contributed by atoms with Gasteiger partial charge in [-0.2, -0.15) is 5.10 Å². The zero-order valence-electron chi connectivity index (χ0n) is 7.25. The summed E-state index contributed by atoms with van der Waals surface area (Å²) >= 11 is 0. The molecule has 0 amide bonds. The van der Waals surface area contributed by atoms with Crippen LogP contribution in [0.25, 0.3) is 0 Å². The molecule has 1 spiro atoms. The highest BCUT2D eigenvalue weighted by molar-refractivity contribution is 5.34. The summed E-state index contributed by atoms with van der Waals surface area (Å²) < 4.78 is 1.97. The van der Waals surface area contributed by atoms with Gasteiger partial charge in [0.25, 0.3) is 0 Å². The molecule has 3 rings (SSSR count). The van der Waals surface area contributed by atoms with Gasteiger partial charge in [0.15, 0.2) is 0 Å². The van der Waals surface area contributed by atoms with Crippen LogP contribution in [-0.4, -0.2) is 9.78 Å². The Kier molecular flexibility index (Phi) is 0.966. The number of fused-ring (bicyclic) bond motifs is 1. The standard InChI is InChI=1S/C9H13N3/c1-12-7-4-9(2-3-9)8(10)6(7)5-11-12/h5,8H,2-4,10H2,1H3. The topological polar surface area (TPSA) is 43.8 Å². The molecule has 3 heteroatoms. The molecular formula is C9H13N3. The van der Waals surface area contributed by atoms with Crippen molar-refractivity contribution in [1.29, 1.82) is 0 Å². The van der Waals surface area contributed by atoms with Crippen LogP contribution in [-0.2, 0) is 13.5 Å². The average Bonchev–Trinajstić information content (AvgIpc) is 2.67. The summed E-state index contributed by atoms with van der Waals surface area (Å²) in [5.41, 5.74) is 9.24. The predicted octanol–water partition coefficient (Wildman–Crippen LogP) is 0.756. The lowest BCUT2D eigenvalue weighted by Crippen LogP contribution is -2.17. The average molecular weight is 163 g/mol. The van der Waals surface area contributed by atoms with E-state index in [1.165, 1.54) is 24.1 Å². The molecule has 0 radical (unpaired) electrons. The Morgan fingerprint density at radius 2 is 2.42 bits per heavy atom. The number of hydrogen-bond acceptors (Lipinski definition) is 2. The molecule has 64 valence electrons. The summed E-state index contributed by atoms with van der Waals surface area (Å²) in [7, 11) is 2.01.